The Balaban J connectivity index is 2.46. The van der Waals surface area contributed by atoms with Gasteiger partial charge < -0.3 is 19.7 Å². The van der Waals surface area contributed by atoms with E-state index in [1.54, 1.807) is 38.4 Å². The molecule has 2 amide bonds. The Morgan fingerprint density at radius 2 is 1.78 bits per heavy atom. The summed E-state index contributed by atoms with van der Waals surface area (Å²) in [7, 11) is 3.14. The van der Waals surface area contributed by atoms with Crippen LogP contribution in [0.5, 0.6) is 5.75 Å². The molecule has 0 saturated heterocycles. The second kappa shape index (κ2) is 8.77. The zero-order valence-electron chi connectivity index (χ0n) is 13.8. The number of hydrogen-bond acceptors (Lipinski definition) is 5. The SMILES string of the molecule is CCOc1ccc(C(=O)NCC(=O)O[C@@H](C)C(=O)N(C)C)cc1. The van der Waals surface area contributed by atoms with E-state index in [1.807, 2.05) is 6.92 Å². The Labute approximate surface area is 135 Å². The van der Waals surface area contributed by atoms with Gasteiger partial charge in [0.1, 0.15) is 12.3 Å². The minimum absolute atomic E-state index is 0.308. The van der Waals surface area contributed by atoms with Crippen molar-refractivity contribution in [3.63, 3.8) is 0 Å². The molecule has 0 aromatic heterocycles. The lowest BCUT2D eigenvalue weighted by Crippen LogP contribution is -2.38. The molecule has 23 heavy (non-hydrogen) atoms. The summed E-state index contributed by atoms with van der Waals surface area (Å²) in [5, 5.41) is 2.44. The monoisotopic (exact) mass is 322 g/mol. The molecule has 0 saturated carbocycles. The zero-order valence-corrected chi connectivity index (χ0v) is 13.8. The largest absolute Gasteiger partial charge is 0.494 e. The maximum atomic E-state index is 11.9. The molecule has 1 atom stereocenters. The fraction of sp³-hybridized carbons (Fsp3) is 0.438. The first-order chi connectivity index (χ1) is 10.8. The van der Waals surface area contributed by atoms with Gasteiger partial charge in [0.25, 0.3) is 11.8 Å². The molecule has 0 aliphatic heterocycles. The standard InChI is InChI=1S/C16H22N2O5/c1-5-22-13-8-6-12(7-9-13)15(20)17-10-14(19)23-11(2)16(21)18(3)4/h6-9,11H,5,10H2,1-4H3,(H,17,20)/t11-/m0/s1. The molecule has 1 rings (SSSR count). The second-order valence-electron chi connectivity index (χ2n) is 5.00. The van der Waals surface area contributed by atoms with Crippen molar-refractivity contribution >= 4 is 17.8 Å². The van der Waals surface area contributed by atoms with E-state index in [-0.39, 0.29) is 12.5 Å². The number of nitrogens with zero attached hydrogens (tertiary/aromatic N) is 1. The molecule has 0 radical (unpaired) electrons. The molecule has 0 fully saturated rings. The van der Waals surface area contributed by atoms with Crippen molar-refractivity contribution in [2.75, 3.05) is 27.2 Å². The molecule has 0 aliphatic carbocycles. The molecule has 0 heterocycles. The molecule has 7 nitrogen and oxygen atoms in total. The van der Waals surface area contributed by atoms with Crippen LogP contribution in [0.3, 0.4) is 0 Å². The summed E-state index contributed by atoms with van der Waals surface area (Å²) in [5.41, 5.74) is 0.402. The van der Waals surface area contributed by atoms with Gasteiger partial charge in [-0.25, -0.2) is 0 Å². The molecule has 1 aromatic carbocycles. The Morgan fingerprint density at radius 3 is 2.30 bits per heavy atom. The fourth-order valence-electron chi connectivity index (χ4n) is 1.78. The summed E-state index contributed by atoms with van der Waals surface area (Å²) in [6.45, 7) is 3.58. The summed E-state index contributed by atoms with van der Waals surface area (Å²) >= 11 is 0. The quantitative estimate of drug-likeness (QED) is 0.752. The predicted molar refractivity (Wildman–Crippen MR) is 84.2 cm³/mol. The van der Waals surface area contributed by atoms with Crippen LogP contribution < -0.4 is 10.1 Å². The first-order valence-corrected chi connectivity index (χ1v) is 7.26. The van der Waals surface area contributed by atoms with E-state index < -0.39 is 18.0 Å². The highest BCUT2D eigenvalue weighted by Crippen LogP contribution is 2.11. The van der Waals surface area contributed by atoms with E-state index >= 15 is 0 Å². The predicted octanol–water partition coefficient (Wildman–Crippen LogP) is 0.835. The molecule has 0 aliphatic rings. The van der Waals surface area contributed by atoms with Crippen LogP contribution in [0.1, 0.15) is 24.2 Å². The fourth-order valence-corrected chi connectivity index (χ4v) is 1.78. The molecule has 0 spiro atoms. The third-order valence-corrected chi connectivity index (χ3v) is 2.92. The van der Waals surface area contributed by atoms with Crippen LogP contribution in [-0.4, -0.2) is 56.0 Å². The van der Waals surface area contributed by atoms with Crippen LogP contribution in [-0.2, 0) is 14.3 Å². The molecular formula is C16H22N2O5. The van der Waals surface area contributed by atoms with Crippen LogP contribution in [0, 0.1) is 0 Å². The average molecular weight is 322 g/mol. The molecule has 126 valence electrons. The van der Waals surface area contributed by atoms with Gasteiger partial charge in [-0.05, 0) is 38.1 Å². The second-order valence-corrected chi connectivity index (χ2v) is 5.00. The lowest BCUT2D eigenvalue weighted by molar-refractivity contribution is -0.157. The van der Waals surface area contributed by atoms with E-state index in [0.717, 1.165) is 0 Å². The van der Waals surface area contributed by atoms with Gasteiger partial charge in [0.2, 0.25) is 0 Å². The number of carbonyl (C=O) groups excluding carboxylic acids is 3. The third-order valence-electron chi connectivity index (χ3n) is 2.92. The van der Waals surface area contributed by atoms with Crippen molar-refractivity contribution in [1.29, 1.82) is 0 Å². The smallest absolute Gasteiger partial charge is 0.326 e. The van der Waals surface area contributed by atoms with Crippen LogP contribution in [0.25, 0.3) is 0 Å². The normalized spacial score (nSPS) is 11.3. The number of rotatable bonds is 7. The van der Waals surface area contributed by atoms with E-state index in [1.165, 1.54) is 11.8 Å². The van der Waals surface area contributed by atoms with E-state index in [0.29, 0.717) is 17.9 Å². The lowest BCUT2D eigenvalue weighted by atomic mass is 10.2. The van der Waals surface area contributed by atoms with Gasteiger partial charge >= 0.3 is 5.97 Å². The highest BCUT2D eigenvalue weighted by Gasteiger charge is 2.19. The van der Waals surface area contributed by atoms with Crippen LogP contribution in [0.15, 0.2) is 24.3 Å². The average Bonchev–Trinajstić information content (AvgIpc) is 2.52. The van der Waals surface area contributed by atoms with Crippen molar-refractivity contribution in [3.05, 3.63) is 29.8 Å². The van der Waals surface area contributed by atoms with Crippen LogP contribution in [0.2, 0.25) is 0 Å². The van der Waals surface area contributed by atoms with Crippen molar-refractivity contribution in [3.8, 4) is 5.75 Å². The topological polar surface area (TPSA) is 84.9 Å². The van der Waals surface area contributed by atoms with Crippen molar-refractivity contribution in [2.24, 2.45) is 0 Å². The summed E-state index contributed by atoms with van der Waals surface area (Å²) in [6, 6.07) is 6.55. The van der Waals surface area contributed by atoms with E-state index in [9.17, 15) is 14.4 Å². The summed E-state index contributed by atoms with van der Waals surface area (Å²) in [5.74, 6) is -0.737. The number of carbonyl (C=O) groups is 3. The molecular weight excluding hydrogens is 300 g/mol. The first-order valence-electron chi connectivity index (χ1n) is 7.26. The number of hydrogen-bond donors (Lipinski definition) is 1. The highest BCUT2D eigenvalue weighted by atomic mass is 16.5. The van der Waals surface area contributed by atoms with Gasteiger partial charge in [0.15, 0.2) is 6.10 Å². The molecule has 0 unspecified atom stereocenters. The van der Waals surface area contributed by atoms with E-state index in [4.69, 9.17) is 9.47 Å². The summed E-state index contributed by atoms with van der Waals surface area (Å²) in [6.07, 6.45) is -0.889. The van der Waals surface area contributed by atoms with Gasteiger partial charge in [-0.1, -0.05) is 0 Å². The van der Waals surface area contributed by atoms with Gasteiger partial charge in [0, 0.05) is 19.7 Å². The van der Waals surface area contributed by atoms with Crippen LogP contribution in [0.4, 0.5) is 0 Å². The maximum absolute atomic E-state index is 11.9. The van der Waals surface area contributed by atoms with Gasteiger partial charge in [-0.3, -0.25) is 14.4 Å². The third kappa shape index (κ3) is 5.98. The van der Waals surface area contributed by atoms with Gasteiger partial charge in [0.05, 0.1) is 6.61 Å². The molecule has 1 N–H and O–H groups in total. The minimum Gasteiger partial charge on any atom is -0.494 e. The number of benzene rings is 1. The number of esters is 1. The number of likely N-dealkylation sites (N-methyl/N-ethyl adjacent to an activating group) is 1. The van der Waals surface area contributed by atoms with Crippen LogP contribution >= 0.6 is 0 Å². The van der Waals surface area contributed by atoms with E-state index in [2.05, 4.69) is 5.32 Å². The summed E-state index contributed by atoms with van der Waals surface area (Å²) in [4.78, 5) is 36.4. The molecule has 7 heteroatoms. The zero-order chi connectivity index (χ0) is 17.4. The Hall–Kier alpha value is -2.57. The molecule has 1 aromatic rings. The minimum atomic E-state index is -0.889. The van der Waals surface area contributed by atoms with Gasteiger partial charge in [-0.2, -0.15) is 0 Å². The van der Waals surface area contributed by atoms with Crippen molar-refractivity contribution in [1.82, 2.24) is 10.2 Å². The van der Waals surface area contributed by atoms with Gasteiger partial charge in [-0.15, -0.1) is 0 Å². The Morgan fingerprint density at radius 1 is 1.17 bits per heavy atom. The number of nitrogens with one attached hydrogen (secondary N) is 1. The summed E-state index contributed by atoms with van der Waals surface area (Å²) < 4.78 is 10.2. The molecule has 0 bridgehead atoms. The van der Waals surface area contributed by atoms with Crippen molar-refractivity contribution in [2.45, 2.75) is 20.0 Å². The Bertz CT molecular complexity index is 554. The number of ether oxygens (including phenoxy) is 2. The lowest BCUT2D eigenvalue weighted by Gasteiger charge is -2.17. The van der Waals surface area contributed by atoms with Crippen molar-refractivity contribution < 1.29 is 23.9 Å². The number of amides is 2. The maximum Gasteiger partial charge on any atom is 0.326 e. The first kappa shape index (κ1) is 18.5. The highest BCUT2D eigenvalue weighted by molar-refractivity contribution is 5.96. The Kier molecular flexibility index (Phi) is 7.05.